The molecule has 0 aliphatic rings. The number of hydrogen-bond acceptors (Lipinski definition) is 5. The number of hydrogen-bond donors (Lipinski definition) is 3. The second-order valence-electron chi connectivity index (χ2n) is 6.05. The van der Waals surface area contributed by atoms with Gasteiger partial charge in [-0.05, 0) is 19.1 Å². The van der Waals surface area contributed by atoms with Gasteiger partial charge in [-0.25, -0.2) is 4.79 Å². The van der Waals surface area contributed by atoms with E-state index in [1.165, 1.54) is 0 Å². The Hall–Kier alpha value is -2.34. The molecule has 6 nitrogen and oxygen atoms in total. The number of aryl methyl sites for hydroxylation is 1. The SMILES string of the molecule is Cc1nc2cccc(OCC(C)(C)CO)c2c(N)c1C(=O)O. The molecule has 0 atom stereocenters. The number of ether oxygens (including phenoxy) is 1. The molecule has 2 aromatic rings. The third-order valence-electron chi connectivity index (χ3n) is 3.45. The van der Waals surface area contributed by atoms with E-state index in [2.05, 4.69) is 4.98 Å². The van der Waals surface area contributed by atoms with Crippen LogP contribution in [-0.4, -0.2) is 34.4 Å². The predicted molar refractivity (Wildman–Crippen MR) is 84.2 cm³/mol. The summed E-state index contributed by atoms with van der Waals surface area (Å²) in [5.41, 5.74) is 6.72. The molecule has 0 aliphatic heterocycles. The fourth-order valence-corrected chi connectivity index (χ4v) is 2.15. The van der Waals surface area contributed by atoms with Gasteiger partial charge in [0.05, 0.1) is 35.5 Å². The summed E-state index contributed by atoms with van der Waals surface area (Å²) in [5.74, 6) is -0.651. The van der Waals surface area contributed by atoms with Crippen molar-refractivity contribution in [3.8, 4) is 5.75 Å². The van der Waals surface area contributed by atoms with Gasteiger partial charge in [0.25, 0.3) is 0 Å². The number of fused-ring (bicyclic) bond motifs is 1. The Morgan fingerprint density at radius 2 is 2.09 bits per heavy atom. The number of anilines is 1. The number of carbonyl (C=O) groups is 1. The minimum absolute atomic E-state index is 0.00929. The van der Waals surface area contributed by atoms with Crippen molar-refractivity contribution in [1.29, 1.82) is 0 Å². The third kappa shape index (κ3) is 2.96. The molecule has 4 N–H and O–H groups in total. The lowest BCUT2D eigenvalue weighted by Gasteiger charge is -2.22. The van der Waals surface area contributed by atoms with Crippen LogP contribution in [0.2, 0.25) is 0 Å². The van der Waals surface area contributed by atoms with E-state index < -0.39 is 11.4 Å². The highest BCUT2D eigenvalue weighted by atomic mass is 16.5. The van der Waals surface area contributed by atoms with Crippen LogP contribution in [0.15, 0.2) is 18.2 Å². The fourth-order valence-electron chi connectivity index (χ4n) is 2.15. The largest absolute Gasteiger partial charge is 0.492 e. The van der Waals surface area contributed by atoms with Gasteiger partial charge in [-0.1, -0.05) is 19.9 Å². The summed E-state index contributed by atoms with van der Waals surface area (Å²) in [6.45, 7) is 5.60. The van der Waals surface area contributed by atoms with E-state index in [9.17, 15) is 15.0 Å². The predicted octanol–water partition coefficient (Wildman–Crippen LogP) is 2.22. The average Bonchev–Trinajstić information content (AvgIpc) is 2.44. The Labute approximate surface area is 128 Å². The molecule has 118 valence electrons. The van der Waals surface area contributed by atoms with E-state index in [0.29, 0.717) is 22.3 Å². The Bertz CT molecular complexity index is 726. The van der Waals surface area contributed by atoms with Crippen molar-refractivity contribution >= 4 is 22.6 Å². The summed E-state index contributed by atoms with van der Waals surface area (Å²) in [7, 11) is 0. The molecule has 0 aliphatic carbocycles. The first-order valence-corrected chi connectivity index (χ1v) is 6.92. The van der Waals surface area contributed by atoms with Crippen LogP contribution >= 0.6 is 0 Å². The van der Waals surface area contributed by atoms with Crippen molar-refractivity contribution in [3.05, 3.63) is 29.5 Å². The van der Waals surface area contributed by atoms with Gasteiger partial charge in [0.15, 0.2) is 0 Å². The van der Waals surface area contributed by atoms with Crippen LogP contribution < -0.4 is 10.5 Å². The van der Waals surface area contributed by atoms with Gasteiger partial charge in [0, 0.05) is 5.41 Å². The van der Waals surface area contributed by atoms with Crippen molar-refractivity contribution in [2.45, 2.75) is 20.8 Å². The highest BCUT2D eigenvalue weighted by Crippen LogP contribution is 2.34. The van der Waals surface area contributed by atoms with E-state index in [1.54, 1.807) is 25.1 Å². The number of aromatic carboxylic acids is 1. The lowest BCUT2D eigenvalue weighted by Crippen LogP contribution is -2.25. The van der Waals surface area contributed by atoms with Gasteiger partial charge in [-0.2, -0.15) is 0 Å². The maximum atomic E-state index is 11.4. The molecule has 0 amide bonds. The first-order chi connectivity index (χ1) is 10.3. The monoisotopic (exact) mass is 304 g/mol. The standard InChI is InChI=1S/C16H20N2O4/c1-9-12(15(20)21)14(17)13-10(18-9)5-4-6-11(13)22-8-16(2,3)7-19/h4-6,19H,7-8H2,1-3H3,(H2,17,18)(H,20,21). The molecule has 2 rings (SSSR count). The number of aliphatic hydroxyl groups excluding tert-OH is 1. The zero-order valence-electron chi connectivity index (χ0n) is 12.9. The van der Waals surface area contributed by atoms with Crippen molar-refractivity contribution in [1.82, 2.24) is 4.98 Å². The smallest absolute Gasteiger partial charge is 0.339 e. The maximum Gasteiger partial charge on any atom is 0.339 e. The van der Waals surface area contributed by atoms with Crippen LogP contribution in [0.4, 0.5) is 5.69 Å². The molecule has 6 heteroatoms. The van der Waals surface area contributed by atoms with Gasteiger partial charge in [-0.3, -0.25) is 4.98 Å². The summed E-state index contributed by atoms with van der Waals surface area (Å²) in [6.07, 6.45) is 0. The summed E-state index contributed by atoms with van der Waals surface area (Å²) >= 11 is 0. The van der Waals surface area contributed by atoms with Gasteiger partial charge in [0.1, 0.15) is 11.3 Å². The number of aliphatic hydroxyl groups is 1. The summed E-state index contributed by atoms with van der Waals surface area (Å²) < 4.78 is 5.76. The normalized spacial score (nSPS) is 11.6. The second kappa shape index (κ2) is 5.81. The Balaban J connectivity index is 2.56. The van der Waals surface area contributed by atoms with Crippen LogP contribution in [0.3, 0.4) is 0 Å². The van der Waals surface area contributed by atoms with Crippen LogP contribution in [0.25, 0.3) is 10.9 Å². The van der Waals surface area contributed by atoms with E-state index in [0.717, 1.165) is 0 Å². The topological polar surface area (TPSA) is 106 Å². The molecule has 22 heavy (non-hydrogen) atoms. The van der Waals surface area contributed by atoms with Gasteiger partial charge >= 0.3 is 5.97 Å². The number of carboxylic acids is 1. The van der Waals surface area contributed by atoms with Gasteiger partial charge in [0.2, 0.25) is 0 Å². The van der Waals surface area contributed by atoms with Crippen molar-refractivity contribution in [2.24, 2.45) is 5.41 Å². The number of nitrogens with two attached hydrogens (primary N) is 1. The maximum absolute atomic E-state index is 11.4. The first kappa shape index (κ1) is 16.0. The summed E-state index contributed by atoms with van der Waals surface area (Å²) in [4.78, 5) is 15.7. The lowest BCUT2D eigenvalue weighted by atomic mass is 9.96. The molecule has 1 aromatic carbocycles. The van der Waals surface area contributed by atoms with Crippen LogP contribution in [0.1, 0.15) is 29.9 Å². The number of benzene rings is 1. The molecule has 0 bridgehead atoms. The lowest BCUT2D eigenvalue weighted by molar-refractivity contribution is 0.0697. The minimum Gasteiger partial charge on any atom is -0.492 e. The van der Waals surface area contributed by atoms with Gasteiger partial charge < -0.3 is 20.7 Å². The number of nitrogen functional groups attached to an aromatic ring is 1. The minimum atomic E-state index is -1.12. The van der Waals surface area contributed by atoms with Crippen molar-refractivity contribution in [3.63, 3.8) is 0 Å². The molecule has 0 saturated carbocycles. The number of carboxylic acid groups (broad SMARTS) is 1. The molecule has 0 unspecified atom stereocenters. The Morgan fingerprint density at radius 3 is 2.68 bits per heavy atom. The molecule has 0 fully saturated rings. The van der Waals surface area contributed by atoms with E-state index in [4.69, 9.17) is 10.5 Å². The van der Waals surface area contributed by atoms with E-state index in [-0.39, 0.29) is 24.5 Å². The number of nitrogens with zero attached hydrogens (tertiary/aromatic N) is 1. The number of rotatable bonds is 5. The van der Waals surface area contributed by atoms with Crippen LogP contribution in [0, 0.1) is 12.3 Å². The van der Waals surface area contributed by atoms with Crippen molar-refractivity contribution < 1.29 is 19.7 Å². The van der Waals surface area contributed by atoms with Crippen LogP contribution in [-0.2, 0) is 0 Å². The fraction of sp³-hybridized carbons (Fsp3) is 0.375. The second-order valence-corrected chi connectivity index (χ2v) is 6.05. The molecular formula is C16H20N2O4. The molecule has 1 aromatic heterocycles. The zero-order valence-corrected chi connectivity index (χ0v) is 12.9. The molecule has 0 saturated heterocycles. The highest BCUT2D eigenvalue weighted by molar-refractivity contribution is 6.06. The van der Waals surface area contributed by atoms with Crippen LogP contribution in [0.5, 0.6) is 5.75 Å². The first-order valence-electron chi connectivity index (χ1n) is 6.92. The quantitative estimate of drug-likeness (QED) is 0.782. The molecular weight excluding hydrogens is 284 g/mol. The molecule has 0 spiro atoms. The number of pyridine rings is 1. The summed E-state index contributed by atoms with van der Waals surface area (Å²) in [6, 6.07) is 5.25. The summed E-state index contributed by atoms with van der Waals surface area (Å²) in [5, 5.41) is 19.1. The Kier molecular flexibility index (Phi) is 4.23. The van der Waals surface area contributed by atoms with E-state index in [1.807, 2.05) is 13.8 Å². The molecule has 1 heterocycles. The van der Waals surface area contributed by atoms with Crippen molar-refractivity contribution in [2.75, 3.05) is 18.9 Å². The van der Waals surface area contributed by atoms with E-state index >= 15 is 0 Å². The Morgan fingerprint density at radius 1 is 1.41 bits per heavy atom. The van der Waals surface area contributed by atoms with Gasteiger partial charge in [-0.15, -0.1) is 0 Å². The number of aromatic nitrogens is 1. The molecule has 0 radical (unpaired) electrons. The average molecular weight is 304 g/mol. The third-order valence-corrected chi connectivity index (χ3v) is 3.45. The highest BCUT2D eigenvalue weighted by Gasteiger charge is 2.21. The zero-order chi connectivity index (χ0) is 16.5.